The van der Waals surface area contributed by atoms with Crippen LogP contribution in [0.5, 0.6) is 0 Å². The van der Waals surface area contributed by atoms with E-state index < -0.39 is 11.7 Å². The first kappa shape index (κ1) is 14.6. The third-order valence-corrected chi connectivity index (χ3v) is 2.80. The molecule has 0 fully saturated rings. The van der Waals surface area contributed by atoms with E-state index in [0.717, 1.165) is 12.1 Å². The van der Waals surface area contributed by atoms with Crippen LogP contribution in [0.15, 0.2) is 18.2 Å². The minimum absolute atomic E-state index is 0.0223. The second-order valence-corrected chi connectivity index (χ2v) is 4.19. The van der Waals surface area contributed by atoms with Crippen LogP contribution in [0.3, 0.4) is 0 Å². The molecule has 1 aromatic rings. The van der Waals surface area contributed by atoms with Crippen molar-refractivity contribution in [2.75, 3.05) is 31.4 Å². The number of methoxy groups -OCH3 is 1. The van der Waals surface area contributed by atoms with Gasteiger partial charge in [0.25, 0.3) is 0 Å². The van der Waals surface area contributed by atoms with E-state index in [1.165, 1.54) is 6.07 Å². The number of benzene rings is 1. The van der Waals surface area contributed by atoms with E-state index in [4.69, 9.17) is 10.5 Å². The van der Waals surface area contributed by atoms with E-state index in [2.05, 4.69) is 0 Å². The molecule has 0 aliphatic carbocycles. The highest BCUT2D eigenvalue weighted by molar-refractivity contribution is 5.68. The number of likely N-dealkylation sites (N-methyl/N-ethyl adjacent to an activating group) is 1. The number of nitrogen functional groups attached to an aromatic ring is 1. The van der Waals surface area contributed by atoms with Crippen molar-refractivity contribution >= 4 is 11.4 Å². The Hall–Kier alpha value is -1.43. The van der Waals surface area contributed by atoms with E-state index in [1.807, 2.05) is 6.92 Å². The third-order valence-electron chi connectivity index (χ3n) is 2.80. The van der Waals surface area contributed by atoms with Gasteiger partial charge in [0.05, 0.1) is 23.5 Å². The van der Waals surface area contributed by atoms with Crippen LogP contribution in [-0.2, 0) is 10.9 Å². The van der Waals surface area contributed by atoms with Gasteiger partial charge < -0.3 is 15.4 Å². The van der Waals surface area contributed by atoms with Crippen molar-refractivity contribution in [3.8, 4) is 0 Å². The summed E-state index contributed by atoms with van der Waals surface area (Å²) in [6.45, 7) is 2.37. The summed E-state index contributed by atoms with van der Waals surface area (Å²) in [5.74, 6) is 0. The molecule has 0 radical (unpaired) electrons. The van der Waals surface area contributed by atoms with Crippen molar-refractivity contribution in [1.29, 1.82) is 0 Å². The van der Waals surface area contributed by atoms with Crippen molar-refractivity contribution in [1.82, 2.24) is 0 Å². The Bertz CT molecular complexity index is 407. The number of rotatable bonds is 4. The van der Waals surface area contributed by atoms with Gasteiger partial charge in [0.1, 0.15) is 0 Å². The topological polar surface area (TPSA) is 38.5 Å². The standard InChI is InChI=1S/C12H17F3N2O/c1-8(7-18-3)17(2)11-5-4-9(6-10(11)16)12(13,14)15/h4-6,8H,7,16H2,1-3H3. The van der Waals surface area contributed by atoms with Crippen LogP contribution in [-0.4, -0.2) is 26.8 Å². The Morgan fingerprint density at radius 1 is 1.39 bits per heavy atom. The van der Waals surface area contributed by atoms with E-state index in [1.54, 1.807) is 19.1 Å². The van der Waals surface area contributed by atoms with Crippen LogP contribution in [0.2, 0.25) is 0 Å². The molecule has 0 spiro atoms. The summed E-state index contributed by atoms with van der Waals surface area (Å²) in [7, 11) is 3.34. The Labute approximate surface area is 104 Å². The summed E-state index contributed by atoms with van der Waals surface area (Å²) in [4.78, 5) is 1.79. The lowest BCUT2D eigenvalue weighted by molar-refractivity contribution is -0.137. The quantitative estimate of drug-likeness (QED) is 0.848. The first-order chi connectivity index (χ1) is 8.27. The van der Waals surface area contributed by atoms with Crippen molar-refractivity contribution in [3.05, 3.63) is 23.8 Å². The molecule has 1 rings (SSSR count). The predicted molar refractivity (Wildman–Crippen MR) is 65.6 cm³/mol. The predicted octanol–water partition coefficient (Wildman–Crippen LogP) is 2.76. The summed E-state index contributed by atoms with van der Waals surface area (Å²) in [5, 5.41) is 0. The maximum Gasteiger partial charge on any atom is 0.416 e. The minimum atomic E-state index is -4.37. The highest BCUT2D eigenvalue weighted by Crippen LogP contribution is 2.34. The normalized spacial score (nSPS) is 13.4. The highest BCUT2D eigenvalue weighted by atomic mass is 19.4. The molecule has 0 aliphatic rings. The fourth-order valence-electron chi connectivity index (χ4n) is 1.64. The van der Waals surface area contributed by atoms with Crippen LogP contribution < -0.4 is 10.6 Å². The molecule has 0 amide bonds. The molecule has 0 bridgehead atoms. The Morgan fingerprint density at radius 3 is 2.44 bits per heavy atom. The number of ether oxygens (including phenoxy) is 1. The lowest BCUT2D eigenvalue weighted by Crippen LogP contribution is -2.33. The average Bonchev–Trinajstić information content (AvgIpc) is 2.27. The third kappa shape index (κ3) is 3.29. The van der Waals surface area contributed by atoms with Crippen LogP contribution >= 0.6 is 0 Å². The van der Waals surface area contributed by atoms with E-state index >= 15 is 0 Å². The Balaban J connectivity index is 2.99. The van der Waals surface area contributed by atoms with Gasteiger partial charge in [-0.3, -0.25) is 0 Å². The first-order valence-corrected chi connectivity index (χ1v) is 5.46. The monoisotopic (exact) mass is 262 g/mol. The average molecular weight is 262 g/mol. The van der Waals surface area contributed by atoms with E-state index in [0.29, 0.717) is 12.3 Å². The molecule has 1 atom stereocenters. The van der Waals surface area contributed by atoms with Gasteiger partial charge in [-0.1, -0.05) is 0 Å². The Kier molecular flexibility index (Phi) is 4.45. The molecular weight excluding hydrogens is 245 g/mol. The van der Waals surface area contributed by atoms with Gasteiger partial charge in [-0.15, -0.1) is 0 Å². The number of nitrogens with two attached hydrogens (primary N) is 1. The summed E-state index contributed by atoms with van der Waals surface area (Å²) in [6, 6.07) is 3.38. The first-order valence-electron chi connectivity index (χ1n) is 5.46. The SMILES string of the molecule is COCC(C)N(C)c1ccc(C(F)(F)F)cc1N. The smallest absolute Gasteiger partial charge is 0.397 e. The lowest BCUT2D eigenvalue weighted by Gasteiger charge is -2.28. The molecule has 0 aromatic heterocycles. The summed E-state index contributed by atoms with van der Waals surface area (Å²) >= 11 is 0. The highest BCUT2D eigenvalue weighted by Gasteiger charge is 2.31. The molecule has 0 heterocycles. The van der Waals surface area contributed by atoms with Gasteiger partial charge in [-0.2, -0.15) is 13.2 Å². The fraction of sp³-hybridized carbons (Fsp3) is 0.500. The molecule has 1 aromatic carbocycles. The van der Waals surface area contributed by atoms with Gasteiger partial charge in [0.2, 0.25) is 0 Å². The zero-order valence-electron chi connectivity index (χ0n) is 10.6. The maximum absolute atomic E-state index is 12.5. The zero-order chi connectivity index (χ0) is 13.9. The van der Waals surface area contributed by atoms with Gasteiger partial charge >= 0.3 is 6.18 Å². The molecule has 0 aliphatic heterocycles. The van der Waals surface area contributed by atoms with Crippen molar-refractivity contribution < 1.29 is 17.9 Å². The van der Waals surface area contributed by atoms with Crippen molar-refractivity contribution in [2.24, 2.45) is 0 Å². The summed E-state index contributed by atoms with van der Waals surface area (Å²) in [5.41, 5.74) is 5.60. The number of nitrogens with zero attached hydrogens (tertiary/aromatic N) is 1. The largest absolute Gasteiger partial charge is 0.416 e. The van der Waals surface area contributed by atoms with Gasteiger partial charge in [0.15, 0.2) is 0 Å². The molecule has 0 saturated carbocycles. The number of anilines is 2. The zero-order valence-corrected chi connectivity index (χ0v) is 10.6. The molecule has 18 heavy (non-hydrogen) atoms. The fourth-order valence-corrected chi connectivity index (χ4v) is 1.64. The van der Waals surface area contributed by atoms with Crippen LogP contribution in [0.4, 0.5) is 24.5 Å². The van der Waals surface area contributed by atoms with Crippen molar-refractivity contribution in [3.63, 3.8) is 0 Å². The molecule has 6 heteroatoms. The molecular formula is C12H17F3N2O. The van der Waals surface area contributed by atoms with Gasteiger partial charge in [-0.25, -0.2) is 0 Å². The number of alkyl halides is 3. The second kappa shape index (κ2) is 5.48. The maximum atomic E-state index is 12.5. The molecule has 1 unspecified atom stereocenters. The molecule has 2 N–H and O–H groups in total. The molecule has 0 saturated heterocycles. The van der Waals surface area contributed by atoms with Gasteiger partial charge in [0, 0.05) is 20.2 Å². The number of halogens is 3. The number of hydrogen-bond acceptors (Lipinski definition) is 3. The molecule has 3 nitrogen and oxygen atoms in total. The van der Waals surface area contributed by atoms with E-state index in [-0.39, 0.29) is 11.7 Å². The second-order valence-electron chi connectivity index (χ2n) is 4.19. The Morgan fingerprint density at radius 2 is 2.00 bits per heavy atom. The minimum Gasteiger partial charge on any atom is -0.397 e. The lowest BCUT2D eigenvalue weighted by atomic mass is 10.1. The van der Waals surface area contributed by atoms with Gasteiger partial charge in [-0.05, 0) is 25.1 Å². The molecule has 102 valence electrons. The summed E-state index contributed by atoms with van der Waals surface area (Å²) in [6.07, 6.45) is -4.37. The van der Waals surface area contributed by atoms with Crippen LogP contribution in [0.1, 0.15) is 12.5 Å². The summed E-state index contributed by atoms with van der Waals surface area (Å²) < 4.78 is 42.5. The van der Waals surface area contributed by atoms with Crippen LogP contribution in [0.25, 0.3) is 0 Å². The number of hydrogen-bond donors (Lipinski definition) is 1. The van der Waals surface area contributed by atoms with Crippen molar-refractivity contribution in [2.45, 2.75) is 19.1 Å². The van der Waals surface area contributed by atoms with Crippen LogP contribution in [0, 0.1) is 0 Å². The van der Waals surface area contributed by atoms with E-state index in [9.17, 15) is 13.2 Å².